The van der Waals surface area contributed by atoms with Gasteiger partial charge in [0, 0.05) is 6.54 Å². The van der Waals surface area contributed by atoms with E-state index in [2.05, 4.69) is 39.1 Å². The van der Waals surface area contributed by atoms with Crippen LogP contribution < -0.4 is 5.32 Å². The molecule has 0 heterocycles. The van der Waals surface area contributed by atoms with E-state index in [-0.39, 0.29) is 0 Å². The van der Waals surface area contributed by atoms with Crippen LogP contribution in [0.4, 0.5) is 0 Å². The van der Waals surface area contributed by atoms with Crippen molar-refractivity contribution in [3.63, 3.8) is 0 Å². The van der Waals surface area contributed by atoms with Crippen LogP contribution in [0.5, 0.6) is 0 Å². The first-order chi connectivity index (χ1) is 8.07. The largest absolute Gasteiger partial charge is 0.380 e. The van der Waals surface area contributed by atoms with Crippen LogP contribution >= 0.6 is 0 Å². The Morgan fingerprint density at radius 1 is 1.00 bits per heavy atom. The fraction of sp³-hybridized carbons (Fsp3) is 0.600. The zero-order chi connectivity index (χ0) is 12.8. The van der Waals surface area contributed by atoms with Gasteiger partial charge in [0.2, 0.25) is 0 Å². The van der Waals surface area contributed by atoms with Crippen LogP contribution in [0.15, 0.2) is 6.07 Å². The molecule has 17 heavy (non-hydrogen) atoms. The third-order valence-electron chi connectivity index (χ3n) is 3.51. The molecular formula is C15H25NO. The van der Waals surface area contributed by atoms with Gasteiger partial charge in [-0.3, -0.25) is 0 Å². The van der Waals surface area contributed by atoms with Gasteiger partial charge in [0.05, 0.1) is 13.2 Å². The molecule has 0 amide bonds. The van der Waals surface area contributed by atoms with Gasteiger partial charge in [0.15, 0.2) is 0 Å². The lowest BCUT2D eigenvalue weighted by Gasteiger charge is -2.15. The Morgan fingerprint density at radius 2 is 1.59 bits per heavy atom. The van der Waals surface area contributed by atoms with Crippen molar-refractivity contribution in [1.29, 1.82) is 0 Å². The highest BCUT2D eigenvalue weighted by Gasteiger charge is 2.07. The van der Waals surface area contributed by atoms with Gasteiger partial charge in [-0.05, 0) is 69.0 Å². The van der Waals surface area contributed by atoms with Gasteiger partial charge in [0.1, 0.15) is 0 Å². The van der Waals surface area contributed by atoms with Crippen molar-refractivity contribution < 1.29 is 4.74 Å². The monoisotopic (exact) mass is 235 g/mol. The van der Waals surface area contributed by atoms with Crippen molar-refractivity contribution in [2.24, 2.45) is 0 Å². The molecule has 1 aromatic carbocycles. The molecule has 0 aliphatic rings. The molecule has 0 radical (unpaired) electrons. The molecule has 0 atom stereocenters. The Balaban J connectivity index is 2.64. The number of nitrogens with one attached hydrogen (secondary N) is 1. The molecule has 1 aromatic rings. The molecule has 2 nitrogen and oxygen atoms in total. The van der Waals surface area contributed by atoms with E-state index in [1.54, 1.807) is 0 Å². The number of ether oxygens (including phenoxy) is 1. The Bertz CT molecular complexity index is 345. The van der Waals surface area contributed by atoms with Crippen molar-refractivity contribution in [3.05, 3.63) is 33.9 Å². The normalized spacial score (nSPS) is 10.9. The molecule has 1 N–H and O–H groups in total. The highest BCUT2D eigenvalue weighted by molar-refractivity contribution is 5.44. The van der Waals surface area contributed by atoms with E-state index in [0.717, 1.165) is 26.2 Å². The summed E-state index contributed by atoms with van der Waals surface area (Å²) >= 11 is 0. The van der Waals surface area contributed by atoms with E-state index < -0.39 is 0 Å². The Morgan fingerprint density at radius 3 is 2.12 bits per heavy atom. The topological polar surface area (TPSA) is 21.3 Å². The average Bonchev–Trinajstić information content (AvgIpc) is 2.30. The van der Waals surface area contributed by atoms with E-state index in [9.17, 15) is 0 Å². The zero-order valence-corrected chi connectivity index (χ0v) is 11.8. The number of hydrogen-bond donors (Lipinski definition) is 1. The predicted molar refractivity (Wildman–Crippen MR) is 73.8 cm³/mol. The van der Waals surface area contributed by atoms with Gasteiger partial charge < -0.3 is 10.1 Å². The summed E-state index contributed by atoms with van der Waals surface area (Å²) in [5.74, 6) is 0. The lowest BCUT2D eigenvalue weighted by atomic mass is 9.92. The van der Waals surface area contributed by atoms with Crippen molar-refractivity contribution in [2.45, 2.75) is 34.1 Å². The third kappa shape index (κ3) is 3.83. The van der Waals surface area contributed by atoms with Gasteiger partial charge >= 0.3 is 0 Å². The van der Waals surface area contributed by atoms with Crippen LogP contribution in [0.2, 0.25) is 0 Å². The summed E-state index contributed by atoms with van der Waals surface area (Å²) in [6.45, 7) is 11.3. The lowest BCUT2D eigenvalue weighted by Crippen LogP contribution is -2.15. The first-order valence-corrected chi connectivity index (χ1v) is 6.36. The van der Waals surface area contributed by atoms with Crippen LogP contribution in [-0.4, -0.2) is 26.8 Å². The van der Waals surface area contributed by atoms with E-state index in [1.807, 2.05) is 7.05 Å². The molecule has 0 spiro atoms. The van der Waals surface area contributed by atoms with Crippen LogP contribution in [0, 0.1) is 27.7 Å². The molecule has 2 heteroatoms. The van der Waals surface area contributed by atoms with Crippen LogP contribution in [0.25, 0.3) is 0 Å². The molecule has 0 aromatic heterocycles. The standard InChI is InChI=1S/C15H25NO/c1-11-10-12(2)14(4)15(13(11)3)6-8-17-9-7-16-5/h10,16H,6-9H2,1-5H3. The van der Waals surface area contributed by atoms with Crippen LogP contribution in [0.1, 0.15) is 27.8 Å². The van der Waals surface area contributed by atoms with E-state index >= 15 is 0 Å². The van der Waals surface area contributed by atoms with Gasteiger partial charge in [-0.1, -0.05) is 6.07 Å². The lowest BCUT2D eigenvalue weighted by molar-refractivity contribution is 0.140. The molecular weight excluding hydrogens is 210 g/mol. The molecule has 0 saturated carbocycles. The minimum Gasteiger partial charge on any atom is -0.380 e. The molecule has 0 fully saturated rings. The highest BCUT2D eigenvalue weighted by atomic mass is 16.5. The molecule has 96 valence electrons. The SMILES string of the molecule is CNCCOCCc1c(C)c(C)cc(C)c1C. The fourth-order valence-corrected chi connectivity index (χ4v) is 2.12. The number of benzene rings is 1. The van der Waals surface area contributed by atoms with Crippen LogP contribution in [0.3, 0.4) is 0 Å². The maximum Gasteiger partial charge on any atom is 0.0590 e. The summed E-state index contributed by atoms with van der Waals surface area (Å²) in [5.41, 5.74) is 7.08. The van der Waals surface area contributed by atoms with Crippen LogP contribution in [-0.2, 0) is 11.2 Å². The maximum atomic E-state index is 5.61. The quantitative estimate of drug-likeness (QED) is 0.765. The van der Waals surface area contributed by atoms with Gasteiger partial charge in [0.25, 0.3) is 0 Å². The molecule has 0 unspecified atom stereocenters. The van der Waals surface area contributed by atoms with E-state index in [0.29, 0.717) is 0 Å². The Kier molecular flexibility index (Phi) is 5.66. The predicted octanol–water partition coefficient (Wildman–Crippen LogP) is 2.70. The first kappa shape index (κ1) is 14.2. The summed E-state index contributed by atoms with van der Waals surface area (Å²) in [6, 6.07) is 2.27. The van der Waals surface area contributed by atoms with Crippen molar-refractivity contribution in [1.82, 2.24) is 5.32 Å². The van der Waals surface area contributed by atoms with Gasteiger partial charge in [-0.2, -0.15) is 0 Å². The maximum absolute atomic E-state index is 5.61. The summed E-state index contributed by atoms with van der Waals surface area (Å²) in [4.78, 5) is 0. The van der Waals surface area contributed by atoms with Gasteiger partial charge in [-0.25, -0.2) is 0 Å². The number of hydrogen-bond acceptors (Lipinski definition) is 2. The second kappa shape index (κ2) is 6.77. The molecule has 0 aliphatic heterocycles. The Hall–Kier alpha value is -0.860. The Labute approximate surface area is 105 Å². The molecule has 1 rings (SSSR count). The van der Waals surface area contributed by atoms with E-state index in [1.165, 1.54) is 27.8 Å². The molecule has 0 aliphatic carbocycles. The summed E-state index contributed by atoms with van der Waals surface area (Å²) in [6.07, 6.45) is 1.02. The number of rotatable bonds is 6. The average molecular weight is 235 g/mol. The number of likely N-dealkylation sites (N-methyl/N-ethyl adjacent to an activating group) is 1. The first-order valence-electron chi connectivity index (χ1n) is 6.36. The molecule has 0 bridgehead atoms. The second-order valence-electron chi connectivity index (χ2n) is 4.70. The fourth-order valence-electron chi connectivity index (χ4n) is 2.12. The highest BCUT2D eigenvalue weighted by Crippen LogP contribution is 2.21. The third-order valence-corrected chi connectivity index (χ3v) is 3.51. The molecule has 0 saturated heterocycles. The zero-order valence-electron chi connectivity index (χ0n) is 11.8. The summed E-state index contributed by atoms with van der Waals surface area (Å²) in [7, 11) is 1.95. The smallest absolute Gasteiger partial charge is 0.0590 e. The summed E-state index contributed by atoms with van der Waals surface area (Å²) in [5, 5.41) is 3.08. The minimum atomic E-state index is 0.791. The number of aryl methyl sites for hydroxylation is 2. The summed E-state index contributed by atoms with van der Waals surface area (Å²) < 4.78 is 5.61. The van der Waals surface area contributed by atoms with Crippen molar-refractivity contribution in [2.75, 3.05) is 26.8 Å². The second-order valence-corrected chi connectivity index (χ2v) is 4.70. The van der Waals surface area contributed by atoms with Gasteiger partial charge in [-0.15, -0.1) is 0 Å². The van der Waals surface area contributed by atoms with Crippen molar-refractivity contribution in [3.8, 4) is 0 Å². The van der Waals surface area contributed by atoms with E-state index in [4.69, 9.17) is 4.74 Å². The van der Waals surface area contributed by atoms with Crippen molar-refractivity contribution >= 4 is 0 Å². The minimum absolute atomic E-state index is 0.791.